The molecule has 1 aromatic carbocycles. The van der Waals surface area contributed by atoms with Gasteiger partial charge in [0.1, 0.15) is 0 Å². The molecule has 21 heavy (non-hydrogen) atoms. The third kappa shape index (κ3) is 2.24. The molecule has 0 bridgehead atoms. The molecule has 0 saturated carbocycles. The molecule has 0 aliphatic carbocycles. The number of rotatable bonds is 3. The predicted octanol–water partition coefficient (Wildman–Crippen LogP) is 0.705. The van der Waals surface area contributed by atoms with E-state index in [-0.39, 0.29) is 12.6 Å². The maximum atomic E-state index is 9.78. The van der Waals surface area contributed by atoms with Gasteiger partial charge in [0.2, 0.25) is 0 Å². The van der Waals surface area contributed by atoms with Gasteiger partial charge in [0, 0.05) is 40.6 Å². The minimum Gasteiger partial charge on any atom is -0.394 e. The fourth-order valence-electron chi connectivity index (χ4n) is 3.08. The first-order valence-corrected chi connectivity index (χ1v) is 7.44. The Morgan fingerprint density at radius 1 is 1.38 bits per heavy atom. The Bertz CT molecular complexity index is 727. The monoisotopic (exact) mass is 306 g/mol. The summed E-state index contributed by atoms with van der Waals surface area (Å²) in [4.78, 5) is 2.12. The third-order valence-corrected chi connectivity index (χ3v) is 4.62. The Morgan fingerprint density at radius 2 is 2.14 bits per heavy atom. The van der Waals surface area contributed by atoms with Gasteiger partial charge >= 0.3 is 0 Å². The fraction of sp³-hybridized carbons (Fsp3) is 0.375. The van der Waals surface area contributed by atoms with Crippen LogP contribution in [0.5, 0.6) is 0 Å². The van der Waals surface area contributed by atoms with Crippen molar-refractivity contribution in [2.24, 2.45) is 0 Å². The van der Waals surface area contributed by atoms with E-state index >= 15 is 0 Å². The number of allylic oxidation sites excluding steroid dienone is 1. The van der Waals surface area contributed by atoms with E-state index in [1.54, 1.807) is 0 Å². The molecule has 0 amide bonds. The molecular weight excluding hydrogens is 288 g/mol. The Kier molecular flexibility index (Phi) is 3.69. The van der Waals surface area contributed by atoms with Crippen molar-refractivity contribution in [2.75, 3.05) is 23.4 Å². The minimum atomic E-state index is -0.750. The van der Waals surface area contributed by atoms with E-state index < -0.39 is 6.10 Å². The number of nitrogens with zero attached hydrogens (tertiary/aromatic N) is 1. The highest BCUT2D eigenvalue weighted by molar-refractivity contribution is 6.47. The standard InChI is InChI=1S/C16H19ClN2O2/c1-9-10(2)19(7-11(21)8-20)14-4-3-13-16(15(9)14)12(17)5-6-18-13/h3-6,10-11,18,20-21H,7-8H2,1-2H3/t10-,11?/m0/s1. The highest BCUT2D eigenvalue weighted by Crippen LogP contribution is 2.26. The molecule has 0 fully saturated rings. The van der Waals surface area contributed by atoms with Crippen molar-refractivity contribution in [1.29, 1.82) is 0 Å². The molecule has 0 radical (unpaired) electrons. The summed E-state index contributed by atoms with van der Waals surface area (Å²) in [7, 11) is 0. The highest BCUT2D eigenvalue weighted by atomic mass is 35.5. The first-order valence-electron chi connectivity index (χ1n) is 7.07. The molecule has 3 N–H and O–H groups in total. The lowest BCUT2D eigenvalue weighted by molar-refractivity contribution is 0.0994. The van der Waals surface area contributed by atoms with Gasteiger partial charge < -0.3 is 20.4 Å². The molecule has 0 spiro atoms. The second-order valence-electron chi connectivity index (χ2n) is 5.56. The first-order chi connectivity index (χ1) is 10.0. The van der Waals surface area contributed by atoms with Crippen LogP contribution in [0.1, 0.15) is 13.8 Å². The Labute approximate surface area is 128 Å². The van der Waals surface area contributed by atoms with Gasteiger partial charge in [-0.2, -0.15) is 0 Å². The van der Waals surface area contributed by atoms with Crippen molar-refractivity contribution in [3.05, 3.63) is 34.8 Å². The van der Waals surface area contributed by atoms with E-state index in [0.717, 1.165) is 26.8 Å². The van der Waals surface area contributed by atoms with Crippen LogP contribution in [-0.2, 0) is 0 Å². The number of fused-ring (bicyclic) bond motifs is 3. The number of hydrogen-bond acceptors (Lipinski definition) is 4. The van der Waals surface area contributed by atoms with Gasteiger partial charge in [0.25, 0.3) is 0 Å². The van der Waals surface area contributed by atoms with E-state index in [2.05, 4.69) is 24.1 Å². The summed E-state index contributed by atoms with van der Waals surface area (Å²) in [6.07, 6.45) is 2.94. The molecule has 2 atom stereocenters. The largest absolute Gasteiger partial charge is 0.394 e. The zero-order valence-electron chi connectivity index (χ0n) is 12.1. The number of hydrogen-bond donors (Lipinski definition) is 3. The van der Waals surface area contributed by atoms with E-state index in [0.29, 0.717) is 6.54 Å². The Hall–Kier alpha value is -1.49. The van der Waals surface area contributed by atoms with Crippen molar-refractivity contribution in [3.63, 3.8) is 0 Å². The number of β-amino-alcohol motifs (C(OH)–C–C–N with tert-alkyl or cyclic N) is 1. The average Bonchev–Trinajstić information content (AvgIpc) is 2.72. The summed E-state index contributed by atoms with van der Waals surface area (Å²) >= 11 is 6.39. The van der Waals surface area contributed by atoms with Crippen LogP contribution in [0.15, 0.2) is 24.4 Å². The average molecular weight is 307 g/mol. The van der Waals surface area contributed by atoms with Gasteiger partial charge in [-0.15, -0.1) is 0 Å². The molecule has 2 heterocycles. The lowest BCUT2D eigenvalue weighted by Gasteiger charge is -2.28. The normalized spacial score (nSPS) is 21.2. The SMILES string of the molecule is CC1=c2c(ccc3c2=C(Cl)C=CN3)N(CC(O)CO)[C@H]1C. The van der Waals surface area contributed by atoms with E-state index in [1.165, 1.54) is 5.57 Å². The van der Waals surface area contributed by atoms with Gasteiger partial charge in [0.05, 0.1) is 17.7 Å². The number of anilines is 2. The molecule has 1 aromatic rings. The van der Waals surface area contributed by atoms with Crippen LogP contribution in [0.2, 0.25) is 0 Å². The van der Waals surface area contributed by atoms with Gasteiger partial charge in [-0.3, -0.25) is 0 Å². The fourth-order valence-corrected chi connectivity index (χ4v) is 3.34. The van der Waals surface area contributed by atoms with Gasteiger partial charge in [0.15, 0.2) is 0 Å². The van der Waals surface area contributed by atoms with Crippen LogP contribution >= 0.6 is 11.6 Å². The lowest BCUT2D eigenvalue weighted by atomic mass is 10.1. The van der Waals surface area contributed by atoms with Crippen LogP contribution < -0.4 is 20.7 Å². The minimum absolute atomic E-state index is 0.170. The molecule has 2 aliphatic rings. The Balaban J connectivity index is 2.22. The van der Waals surface area contributed by atoms with Crippen LogP contribution in [0.4, 0.5) is 11.4 Å². The molecule has 4 nitrogen and oxygen atoms in total. The molecule has 0 saturated heterocycles. The summed E-state index contributed by atoms with van der Waals surface area (Å²) in [6, 6.07) is 4.22. The number of benzene rings is 1. The number of nitrogens with one attached hydrogen (secondary N) is 1. The van der Waals surface area contributed by atoms with E-state index in [4.69, 9.17) is 16.7 Å². The second kappa shape index (κ2) is 5.37. The van der Waals surface area contributed by atoms with Gasteiger partial charge in [-0.05, 0) is 37.6 Å². The lowest BCUT2D eigenvalue weighted by Crippen LogP contribution is -2.39. The third-order valence-electron chi connectivity index (χ3n) is 4.31. The van der Waals surface area contributed by atoms with Crippen LogP contribution in [0.3, 0.4) is 0 Å². The quantitative estimate of drug-likeness (QED) is 0.770. The smallest absolute Gasteiger partial charge is 0.0945 e. The van der Waals surface area contributed by atoms with Crippen molar-refractivity contribution in [1.82, 2.24) is 0 Å². The summed E-state index contributed by atoms with van der Waals surface area (Å²) in [5, 5.41) is 25.0. The molecular formula is C16H19ClN2O2. The van der Waals surface area contributed by atoms with Crippen molar-refractivity contribution < 1.29 is 10.2 Å². The molecule has 112 valence electrons. The number of aliphatic hydroxyl groups is 2. The van der Waals surface area contributed by atoms with Gasteiger partial charge in [-0.1, -0.05) is 11.6 Å². The van der Waals surface area contributed by atoms with Crippen molar-refractivity contribution in [3.8, 4) is 0 Å². The summed E-state index contributed by atoms with van der Waals surface area (Å²) in [5.74, 6) is 0. The summed E-state index contributed by atoms with van der Waals surface area (Å²) in [6.45, 7) is 4.37. The Morgan fingerprint density at radius 3 is 2.86 bits per heavy atom. The number of aliphatic hydroxyl groups excluding tert-OH is 2. The second-order valence-corrected chi connectivity index (χ2v) is 5.96. The summed E-state index contributed by atoms with van der Waals surface area (Å²) in [5.41, 5.74) is 3.28. The van der Waals surface area contributed by atoms with E-state index in [9.17, 15) is 5.11 Å². The van der Waals surface area contributed by atoms with Crippen LogP contribution in [0, 0.1) is 0 Å². The zero-order chi connectivity index (χ0) is 15.1. The van der Waals surface area contributed by atoms with Crippen LogP contribution in [0.25, 0.3) is 10.6 Å². The summed E-state index contributed by atoms with van der Waals surface area (Å²) < 4.78 is 0. The molecule has 5 heteroatoms. The van der Waals surface area contributed by atoms with Gasteiger partial charge in [-0.25, -0.2) is 0 Å². The predicted molar refractivity (Wildman–Crippen MR) is 86.7 cm³/mol. The van der Waals surface area contributed by atoms with E-state index in [1.807, 2.05) is 24.4 Å². The maximum Gasteiger partial charge on any atom is 0.0945 e. The first kappa shape index (κ1) is 14.4. The molecule has 1 unspecified atom stereocenters. The highest BCUT2D eigenvalue weighted by Gasteiger charge is 2.28. The maximum absolute atomic E-state index is 9.78. The van der Waals surface area contributed by atoms with Crippen LogP contribution in [-0.4, -0.2) is 35.5 Å². The topological polar surface area (TPSA) is 55.7 Å². The zero-order valence-corrected chi connectivity index (χ0v) is 12.9. The molecule has 3 rings (SSSR count). The molecule has 0 aromatic heterocycles. The van der Waals surface area contributed by atoms with Crippen molar-refractivity contribution in [2.45, 2.75) is 26.0 Å². The van der Waals surface area contributed by atoms with Crippen molar-refractivity contribution >= 4 is 33.6 Å². The number of halogens is 1. The molecule has 2 aliphatic heterocycles.